The maximum Gasteiger partial charge on any atom is 0.162 e. The molecule has 0 aromatic heterocycles. The number of benzene rings is 1. The van der Waals surface area contributed by atoms with Gasteiger partial charge in [0.15, 0.2) is 17.6 Å². The highest BCUT2D eigenvalue weighted by Crippen LogP contribution is 2.34. The molecule has 1 aromatic carbocycles. The van der Waals surface area contributed by atoms with Crippen LogP contribution in [0.2, 0.25) is 5.02 Å². The number of ether oxygens (including phenoxy) is 2. The van der Waals surface area contributed by atoms with Crippen molar-refractivity contribution in [3.63, 3.8) is 0 Å². The predicted molar refractivity (Wildman–Crippen MR) is 81.3 cm³/mol. The predicted octanol–water partition coefficient (Wildman–Crippen LogP) is 1.18. The van der Waals surface area contributed by atoms with Crippen LogP contribution in [0.15, 0.2) is 18.2 Å². The van der Waals surface area contributed by atoms with Crippen LogP contribution in [0.5, 0.6) is 11.5 Å². The van der Waals surface area contributed by atoms with E-state index in [2.05, 4.69) is 10.6 Å². The lowest BCUT2D eigenvalue weighted by molar-refractivity contribution is -0.0105. The van der Waals surface area contributed by atoms with Crippen LogP contribution in [-0.4, -0.2) is 49.6 Å². The van der Waals surface area contributed by atoms with Crippen LogP contribution in [0.25, 0.3) is 0 Å². The van der Waals surface area contributed by atoms with Gasteiger partial charge < -0.3 is 25.2 Å². The summed E-state index contributed by atoms with van der Waals surface area (Å²) in [6, 6.07) is 5.73. The minimum absolute atomic E-state index is 0.336. The maximum absolute atomic E-state index is 10.3. The summed E-state index contributed by atoms with van der Waals surface area (Å²) in [7, 11) is 0. The van der Waals surface area contributed by atoms with Crippen molar-refractivity contribution in [2.75, 3.05) is 26.2 Å². The van der Waals surface area contributed by atoms with E-state index in [0.29, 0.717) is 35.7 Å². The number of piperidine rings is 1. The van der Waals surface area contributed by atoms with E-state index >= 15 is 0 Å². The molecule has 1 aromatic rings. The second-order valence-corrected chi connectivity index (χ2v) is 5.99. The fraction of sp³-hybridized carbons (Fsp3) is 0.600. The zero-order chi connectivity index (χ0) is 14.7. The highest BCUT2D eigenvalue weighted by molar-refractivity contribution is 6.30. The number of rotatable bonds is 4. The summed E-state index contributed by atoms with van der Waals surface area (Å²) in [6.07, 6.45) is 1.24. The number of halogens is 1. The summed E-state index contributed by atoms with van der Waals surface area (Å²) in [5, 5.41) is 17.6. The molecule has 2 aliphatic rings. The van der Waals surface area contributed by atoms with Crippen molar-refractivity contribution in [1.29, 1.82) is 0 Å². The lowest BCUT2D eigenvalue weighted by Crippen LogP contribution is -2.48. The zero-order valence-corrected chi connectivity index (χ0v) is 12.6. The van der Waals surface area contributed by atoms with Crippen molar-refractivity contribution in [3.05, 3.63) is 23.2 Å². The molecule has 2 aliphatic heterocycles. The van der Waals surface area contributed by atoms with E-state index in [0.717, 1.165) is 25.9 Å². The van der Waals surface area contributed by atoms with Gasteiger partial charge in [0.1, 0.15) is 12.7 Å². The number of hydrogen-bond donors (Lipinski definition) is 3. The second kappa shape index (κ2) is 6.83. The molecule has 0 amide bonds. The van der Waals surface area contributed by atoms with Gasteiger partial charge in [0, 0.05) is 23.7 Å². The van der Waals surface area contributed by atoms with E-state index in [-0.39, 0.29) is 6.10 Å². The average molecular weight is 313 g/mol. The van der Waals surface area contributed by atoms with Crippen molar-refractivity contribution >= 4 is 11.6 Å². The summed E-state index contributed by atoms with van der Waals surface area (Å²) in [5.41, 5.74) is 0. The number of hydrogen-bond acceptors (Lipinski definition) is 5. The summed E-state index contributed by atoms with van der Waals surface area (Å²) in [6.45, 7) is 2.92. The Morgan fingerprint density at radius 3 is 2.95 bits per heavy atom. The Kier molecular flexibility index (Phi) is 4.85. The number of fused-ring (bicyclic) bond motifs is 1. The van der Waals surface area contributed by atoms with Gasteiger partial charge in [-0.3, -0.25) is 0 Å². The first-order valence-corrected chi connectivity index (χ1v) is 7.81. The Labute approximate surface area is 129 Å². The first-order valence-electron chi connectivity index (χ1n) is 7.43. The quantitative estimate of drug-likeness (QED) is 0.779. The summed E-state index contributed by atoms with van der Waals surface area (Å²) in [4.78, 5) is 0. The molecule has 1 saturated heterocycles. The van der Waals surface area contributed by atoms with Crippen LogP contribution in [0.3, 0.4) is 0 Å². The smallest absolute Gasteiger partial charge is 0.162 e. The first-order chi connectivity index (χ1) is 10.2. The van der Waals surface area contributed by atoms with Crippen LogP contribution < -0.4 is 20.1 Å². The van der Waals surface area contributed by atoms with E-state index in [1.807, 2.05) is 0 Å². The third-order valence-corrected chi connectivity index (χ3v) is 4.21. The van der Waals surface area contributed by atoms with E-state index in [9.17, 15) is 5.11 Å². The first kappa shape index (κ1) is 14.9. The molecule has 5 nitrogen and oxygen atoms in total. The molecule has 0 bridgehead atoms. The molecule has 3 N–H and O–H groups in total. The van der Waals surface area contributed by atoms with Gasteiger partial charge >= 0.3 is 0 Å². The van der Waals surface area contributed by atoms with Gasteiger partial charge in [-0.05, 0) is 38.1 Å². The summed E-state index contributed by atoms with van der Waals surface area (Å²) >= 11 is 5.91. The number of nitrogens with one attached hydrogen (secondary N) is 2. The lowest BCUT2D eigenvalue weighted by Gasteiger charge is -2.31. The number of aliphatic hydroxyl groups is 1. The van der Waals surface area contributed by atoms with Crippen LogP contribution in [-0.2, 0) is 0 Å². The van der Waals surface area contributed by atoms with Gasteiger partial charge in [-0.2, -0.15) is 0 Å². The monoisotopic (exact) mass is 312 g/mol. The van der Waals surface area contributed by atoms with Crippen LogP contribution in [0.1, 0.15) is 12.8 Å². The van der Waals surface area contributed by atoms with E-state index in [4.69, 9.17) is 21.1 Å². The van der Waals surface area contributed by atoms with Crippen molar-refractivity contribution < 1.29 is 14.6 Å². The van der Waals surface area contributed by atoms with E-state index < -0.39 is 6.10 Å². The molecule has 1 fully saturated rings. The highest BCUT2D eigenvalue weighted by Gasteiger charge is 2.28. The lowest BCUT2D eigenvalue weighted by atomic mass is 10.1. The minimum Gasteiger partial charge on any atom is -0.486 e. The van der Waals surface area contributed by atoms with Crippen LogP contribution in [0, 0.1) is 0 Å². The molecular formula is C15H21ClN2O3. The highest BCUT2D eigenvalue weighted by atomic mass is 35.5. The van der Waals surface area contributed by atoms with Crippen LogP contribution in [0.4, 0.5) is 0 Å². The molecular weight excluding hydrogens is 292 g/mol. The Morgan fingerprint density at radius 2 is 2.14 bits per heavy atom. The fourth-order valence-corrected chi connectivity index (χ4v) is 2.86. The van der Waals surface area contributed by atoms with E-state index in [1.165, 1.54) is 0 Å². The Morgan fingerprint density at radius 1 is 1.33 bits per heavy atom. The average Bonchev–Trinajstić information content (AvgIpc) is 2.53. The summed E-state index contributed by atoms with van der Waals surface area (Å²) < 4.78 is 11.4. The van der Waals surface area contributed by atoms with Crippen LogP contribution >= 0.6 is 11.6 Å². The van der Waals surface area contributed by atoms with Crippen molar-refractivity contribution in [2.24, 2.45) is 0 Å². The maximum atomic E-state index is 10.3. The van der Waals surface area contributed by atoms with Gasteiger partial charge in [0.25, 0.3) is 0 Å². The van der Waals surface area contributed by atoms with Crippen molar-refractivity contribution in [2.45, 2.75) is 31.1 Å². The second-order valence-electron chi connectivity index (χ2n) is 5.56. The zero-order valence-electron chi connectivity index (χ0n) is 11.8. The van der Waals surface area contributed by atoms with Gasteiger partial charge in [-0.1, -0.05) is 11.6 Å². The Balaban J connectivity index is 1.51. The molecule has 0 saturated carbocycles. The van der Waals surface area contributed by atoms with E-state index in [1.54, 1.807) is 18.2 Å². The topological polar surface area (TPSA) is 62.8 Å². The molecule has 2 heterocycles. The Bertz CT molecular complexity index is 480. The molecule has 2 atom stereocenters. The standard InChI is InChI=1S/C15H21ClN2O3/c16-10-1-2-13-14(7-10)20-9-15(21-13)12(19)8-18-11-3-5-17-6-4-11/h1-2,7,11-12,15,17-19H,3-6,8-9H2. The van der Waals surface area contributed by atoms with Gasteiger partial charge in [-0.15, -0.1) is 0 Å². The third kappa shape index (κ3) is 3.80. The van der Waals surface area contributed by atoms with Gasteiger partial charge in [0.05, 0.1) is 0 Å². The molecule has 3 rings (SSSR count). The molecule has 2 unspecified atom stereocenters. The summed E-state index contributed by atoms with van der Waals surface area (Å²) in [5.74, 6) is 1.27. The van der Waals surface area contributed by atoms with Gasteiger partial charge in [0.2, 0.25) is 0 Å². The molecule has 0 aliphatic carbocycles. The minimum atomic E-state index is -0.594. The third-order valence-electron chi connectivity index (χ3n) is 3.97. The molecule has 0 spiro atoms. The molecule has 0 radical (unpaired) electrons. The number of aliphatic hydroxyl groups excluding tert-OH is 1. The molecule has 6 heteroatoms. The van der Waals surface area contributed by atoms with Crippen molar-refractivity contribution in [3.8, 4) is 11.5 Å². The van der Waals surface area contributed by atoms with Gasteiger partial charge in [-0.25, -0.2) is 0 Å². The molecule has 21 heavy (non-hydrogen) atoms. The largest absolute Gasteiger partial charge is 0.486 e. The normalized spacial score (nSPS) is 23.8. The molecule has 116 valence electrons. The Hall–Kier alpha value is -1.01. The van der Waals surface area contributed by atoms with Crippen molar-refractivity contribution in [1.82, 2.24) is 10.6 Å². The SMILES string of the molecule is OC(CNC1CCNCC1)C1COc2cc(Cl)ccc2O1. The fourth-order valence-electron chi connectivity index (χ4n) is 2.70.